The van der Waals surface area contributed by atoms with E-state index in [9.17, 15) is 9.50 Å². The predicted molar refractivity (Wildman–Crippen MR) is 75.6 cm³/mol. The van der Waals surface area contributed by atoms with Gasteiger partial charge in [0.1, 0.15) is 5.82 Å². The van der Waals surface area contributed by atoms with Crippen LogP contribution in [-0.4, -0.2) is 10.7 Å². The second-order valence-corrected chi connectivity index (χ2v) is 5.40. The van der Waals surface area contributed by atoms with Crippen molar-refractivity contribution < 1.29 is 9.50 Å². The first-order valence-electron chi connectivity index (χ1n) is 6.48. The zero-order chi connectivity index (χ0) is 13.9. The molecule has 2 aromatic carbocycles. The van der Waals surface area contributed by atoms with E-state index >= 15 is 0 Å². The van der Waals surface area contributed by atoms with Gasteiger partial charge in [-0.25, -0.2) is 4.39 Å². The minimum atomic E-state index is -0.829. The van der Waals surface area contributed by atoms with Gasteiger partial charge in [-0.1, -0.05) is 36.4 Å². The molecule has 2 heteroatoms. The van der Waals surface area contributed by atoms with E-state index in [4.69, 9.17) is 0 Å². The highest BCUT2D eigenvalue weighted by molar-refractivity contribution is 5.28. The number of hydrogen-bond donors (Lipinski definition) is 1. The van der Waals surface area contributed by atoms with E-state index in [1.165, 1.54) is 17.7 Å². The van der Waals surface area contributed by atoms with Crippen LogP contribution in [0.4, 0.5) is 4.39 Å². The van der Waals surface area contributed by atoms with Crippen molar-refractivity contribution >= 4 is 0 Å². The highest BCUT2D eigenvalue weighted by Gasteiger charge is 2.22. The molecule has 0 aromatic heterocycles. The van der Waals surface area contributed by atoms with E-state index < -0.39 is 5.60 Å². The molecular formula is C17H19FO. The third kappa shape index (κ3) is 3.90. The minimum Gasteiger partial charge on any atom is -0.389 e. The summed E-state index contributed by atoms with van der Waals surface area (Å²) in [6.07, 6.45) is 1.11. The summed E-state index contributed by atoms with van der Waals surface area (Å²) >= 11 is 0. The van der Waals surface area contributed by atoms with Crippen LogP contribution in [-0.2, 0) is 12.8 Å². The quantitative estimate of drug-likeness (QED) is 0.887. The monoisotopic (exact) mass is 258 g/mol. The fraction of sp³-hybridized carbons (Fsp3) is 0.294. The van der Waals surface area contributed by atoms with Crippen LogP contribution >= 0.6 is 0 Å². The zero-order valence-electron chi connectivity index (χ0n) is 11.4. The molecule has 1 unspecified atom stereocenters. The number of aryl methyl sites for hydroxylation is 1. The second kappa shape index (κ2) is 5.54. The van der Waals surface area contributed by atoms with Crippen LogP contribution in [0, 0.1) is 12.7 Å². The van der Waals surface area contributed by atoms with Gasteiger partial charge in [-0.2, -0.15) is 0 Å². The molecule has 0 amide bonds. The topological polar surface area (TPSA) is 20.2 Å². The SMILES string of the molecule is Cc1ccccc1CC(C)(O)Cc1ccc(F)cc1. The van der Waals surface area contributed by atoms with Crippen LogP contribution in [0.2, 0.25) is 0 Å². The van der Waals surface area contributed by atoms with Crippen molar-refractivity contribution in [2.24, 2.45) is 0 Å². The normalized spacial score (nSPS) is 14.1. The summed E-state index contributed by atoms with van der Waals surface area (Å²) in [6.45, 7) is 3.87. The maximum atomic E-state index is 12.9. The van der Waals surface area contributed by atoms with Crippen molar-refractivity contribution in [3.05, 3.63) is 71.0 Å². The summed E-state index contributed by atoms with van der Waals surface area (Å²) < 4.78 is 12.9. The smallest absolute Gasteiger partial charge is 0.123 e. The Kier molecular flexibility index (Phi) is 4.01. The number of aliphatic hydroxyl groups is 1. The van der Waals surface area contributed by atoms with Gasteiger partial charge in [-0.3, -0.25) is 0 Å². The lowest BCUT2D eigenvalue weighted by Gasteiger charge is -2.24. The van der Waals surface area contributed by atoms with Crippen LogP contribution in [0.25, 0.3) is 0 Å². The van der Waals surface area contributed by atoms with Crippen molar-refractivity contribution in [1.29, 1.82) is 0 Å². The molecule has 2 aromatic rings. The highest BCUT2D eigenvalue weighted by Crippen LogP contribution is 2.21. The lowest BCUT2D eigenvalue weighted by atomic mass is 9.88. The molecule has 0 saturated heterocycles. The van der Waals surface area contributed by atoms with Gasteiger partial charge in [0.25, 0.3) is 0 Å². The summed E-state index contributed by atoms with van der Waals surface area (Å²) in [7, 11) is 0. The summed E-state index contributed by atoms with van der Waals surface area (Å²) in [4.78, 5) is 0. The molecule has 0 aliphatic rings. The largest absolute Gasteiger partial charge is 0.389 e. The lowest BCUT2D eigenvalue weighted by Crippen LogP contribution is -2.30. The molecule has 0 bridgehead atoms. The van der Waals surface area contributed by atoms with E-state index in [0.717, 1.165) is 11.1 Å². The van der Waals surface area contributed by atoms with Crippen molar-refractivity contribution in [3.8, 4) is 0 Å². The summed E-state index contributed by atoms with van der Waals surface area (Å²) in [5, 5.41) is 10.5. The maximum Gasteiger partial charge on any atom is 0.123 e. The molecule has 100 valence electrons. The van der Waals surface area contributed by atoms with Gasteiger partial charge < -0.3 is 5.11 Å². The Bertz CT molecular complexity index is 543. The summed E-state index contributed by atoms with van der Waals surface area (Å²) in [6, 6.07) is 14.4. The molecule has 1 nitrogen and oxygen atoms in total. The number of hydrogen-bond acceptors (Lipinski definition) is 1. The highest BCUT2D eigenvalue weighted by atomic mass is 19.1. The maximum absolute atomic E-state index is 12.9. The Balaban J connectivity index is 2.10. The molecule has 0 aliphatic heterocycles. The molecule has 1 N–H and O–H groups in total. The molecule has 0 radical (unpaired) electrons. The van der Waals surface area contributed by atoms with Crippen molar-refractivity contribution in [1.82, 2.24) is 0 Å². The molecule has 0 saturated carbocycles. The van der Waals surface area contributed by atoms with E-state index in [0.29, 0.717) is 12.8 Å². The Morgan fingerprint density at radius 2 is 1.63 bits per heavy atom. The molecule has 0 heterocycles. The first-order valence-corrected chi connectivity index (χ1v) is 6.48. The summed E-state index contributed by atoms with van der Waals surface area (Å²) in [5.41, 5.74) is 2.45. The van der Waals surface area contributed by atoms with E-state index in [1.54, 1.807) is 12.1 Å². The van der Waals surface area contributed by atoms with Gasteiger partial charge in [0.2, 0.25) is 0 Å². The second-order valence-electron chi connectivity index (χ2n) is 5.40. The first kappa shape index (κ1) is 13.8. The lowest BCUT2D eigenvalue weighted by molar-refractivity contribution is 0.0606. The van der Waals surface area contributed by atoms with Crippen LogP contribution < -0.4 is 0 Å². The third-order valence-corrected chi connectivity index (χ3v) is 3.33. The molecule has 0 aliphatic carbocycles. The van der Waals surface area contributed by atoms with Crippen LogP contribution in [0.3, 0.4) is 0 Å². The van der Waals surface area contributed by atoms with Gasteiger partial charge in [-0.05, 0) is 42.7 Å². The molecule has 1 atom stereocenters. The zero-order valence-corrected chi connectivity index (χ0v) is 11.4. The van der Waals surface area contributed by atoms with Crippen molar-refractivity contribution in [2.75, 3.05) is 0 Å². The van der Waals surface area contributed by atoms with Gasteiger partial charge >= 0.3 is 0 Å². The van der Waals surface area contributed by atoms with E-state index in [-0.39, 0.29) is 5.82 Å². The van der Waals surface area contributed by atoms with Crippen LogP contribution in [0.15, 0.2) is 48.5 Å². The average molecular weight is 258 g/mol. The van der Waals surface area contributed by atoms with Crippen LogP contribution in [0.1, 0.15) is 23.6 Å². The fourth-order valence-corrected chi connectivity index (χ4v) is 2.32. The third-order valence-electron chi connectivity index (χ3n) is 3.33. The Morgan fingerprint density at radius 3 is 2.26 bits per heavy atom. The molecule has 2 rings (SSSR count). The molecule has 0 spiro atoms. The first-order chi connectivity index (χ1) is 8.96. The summed E-state index contributed by atoms with van der Waals surface area (Å²) in [5.74, 6) is -0.248. The van der Waals surface area contributed by atoms with Gasteiger partial charge in [0.05, 0.1) is 5.60 Å². The van der Waals surface area contributed by atoms with E-state index in [2.05, 4.69) is 0 Å². The fourth-order valence-electron chi connectivity index (χ4n) is 2.32. The Morgan fingerprint density at radius 1 is 1.00 bits per heavy atom. The molecule has 0 fully saturated rings. The minimum absolute atomic E-state index is 0.248. The number of halogens is 1. The van der Waals surface area contributed by atoms with Gasteiger partial charge in [-0.15, -0.1) is 0 Å². The standard InChI is InChI=1S/C17H19FO/c1-13-5-3-4-6-15(13)12-17(2,19)11-14-7-9-16(18)10-8-14/h3-10,19H,11-12H2,1-2H3. The molecular weight excluding hydrogens is 239 g/mol. The van der Waals surface area contributed by atoms with Gasteiger partial charge in [0.15, 0.2) is 0 Å². The Hall–Kier alpha value is -1.67. The predicted octanol–water partition coefficient (Wildman–Crippen LogP) is 3.67. The molecule has 19 heavy (non-hydrogen) atoms. The number of benzene rings is 2. The average Bonchev–Trinajstić information content (AvgIpc) is 2.35. The van der Waals surface area contributed by atoms with Crippen LogP contribution in [0.5, 0.6) is 0 Å². The van der Waals surface area contributed by atoms with Crippen molar-refractivity contribution in [2.45, 2.75) is 32.3 Å². The van der Waals surface area contributed by atoms with Gasteiger partial charge in [0, 0.05) is 12.8 Å². The van der Waals surface area contributed by atoms with E-state index in [1.807, 2.05) is 38.1 Å². The van der Waals surface area contributed by atoms with Crippen molar-refractivity contribution in [3.63, 3.8) is 0 Å². The number of rotatable bonds is 4. The Labute approximate surface area is 113 Å².